The SMILES string of the molecule is CCC1(C)c2ccnc3c4c([n+]5cc(C)c(=O)n(c5c23)C1(C)CC)C(C)(C)CC4(C)C. The van der Waals surface area contributed by atoms with E-state index in [0.717, 1.165) is 36.0 Å². The molecule has 4 heteroatoms. The lowest BCUT2D eigenvalue weighted by atomic mass is 9.62. The summed E-state index contributed by atoms with van der Waals surface area (Å²) in [5.41, 5.74) is 6.64. The molecule has 0 spiro atoms. The lowest BCUT2D eigenvalue weighted by Gasteiger charge is -2.47. The third-order valence-electron chi connectivity index (χ3n) is 9.07. The fourth-order valence-corrected chi connectivity index (χ4v) is 7.36. The second-order valence-corrected chi connectivity index (χ2v) is 11.7. The van der Waals surface area contributed by atoms with Gasteiger partial charge in [0, 0.05) is 22.6 Å². The minimum absolute atomic E-state index is 0.00182. The van der Waals surface area contributed by atoms with Crippen molar-refractivity contribution in [2.75, 3.05) is 0 Å². The molecule has 31 heavy (non-hydrogen) atoms. The van der Waals surface area contributed by atoms with Crippen LogP contribution in [0.25, 0.3) is 16.6 Å². The zero-order valence-electron chi connectivity index (χ0n) is 20.6. The van der Waals surface area contributed by atoms with Crippen molar-refractivity contribution in [3.8, 4) is 0 Å². The van der Waals surface area contributed by atoms with Crippen LogP contribution in [0.1, 0.15) is 97.0 Å². The Morgan fingerprint density at radius 1 is 1.06 bits per heavy atom. The average molecular weight is 419 g/mol. The highest BCUT2D eigenvalue weighted by Crippen LogP contribution is 2.55. The Morgan fingerprint density at radius 2 is 1.74 bits per heavy atom. The number of aryl methyl sites for hydroxylation is 1. The number of aromatic nitrogens is 3. The molecule has 1 aliphatic carbocycles. The summed E-state index contributed by atoms with van der Waals surface area (Å²) >= 11 is 0. The Morgan fingerprint density at radius 3 is 2.35 bits per heavy atom. The molecule has 0 fully saturated rings. The maximum absolute atomic E-state index is 13.8. The summed E-state index contributed by atoms with van der Waals surface area (Å²) in [5, 5.41) is 1.18. The normalized spacial score (nSPS) is 27.9. The highest BCUT2D eigenvalue weighted by molar-refractivity contribution is 5.97. The summed E-state index contributed by atoms with van der Waals surface area (Å²) in [6.45, 7) is 20.5. The quantitative estimate of drug-likeness (QED) is 0.423. The molecular weight excluding hydrogens is 382 g/mol. The second kappa shape index (κ2) is 5.76. The Labute approximate surface area is 185 Å². The Kier molecular flexibility index (Phi) is 3.84. The fourth-order valence-electron chi connectivity index (χ4n) is 7.36. The van der Waals surface area contributed by atoms with E-state index in [0.29, 0.717) is 0 Å². The molecule has 2 atom stereocenters. The minimum atomic E-state index is -0.316. The van der Waals surface area contributed by atoms with Gasteiger partial charge in [-0.25, -0.2) is 9.20 Å². The van der Waals surface area contributed by atoms with Gasteiger partial charge >= 0.3 is 5.56 Å². The number of nitrogens with zero attached hydrogens (tertiary/aromatic N) is 3. The molecule has 4 nitrogen and oxygen atoms in total. The third kappa shape index (κ3) is 2.14. The molecule has 0 N–H and O–H groups in total. The maximum atomic E-state index is 13.8. The molecule has 0 saturated carbocycles. The molecule has 2 aliphatic rings. The van der Waals surface area contributed by atoms with Crippen molar-refractivity contribution in [1.29, 1.82) is 0 Å². The van der Waals surface area contributed by atoms with Crippen LogP contribution >= 0.6 is 0 Å². The van der Waals surface area contributed by atoms with E-state index in [9.17, 15) is 4.79 Å². The largest absolute Gasteiger partial charge is 0.341 e. The first-order valence-electron chi connectivity index (χ1n) is 11.8. The van der Waals surface area contributed by atoms with Crippen molar-refractivity contribution in [3.63, 3.8) is 0 Å². The average Bonchev–Trinajstić information content (AvgIpc) is 2.90. The number of hydrogen-bond acceptors (Lipinski definition) is 2. The molecule has 4 heterocycles. The van der Waals surface area contributed by atoms with Crippen LogP contribution in [-0.2, 0) is 21.8 Å². The Bertz CT molecular complexity index is 1350. The first kappa shape index (κ1) is 20.7. The molecule has 0 amide bonds. The molecule has 0 radical (unpaired) electrons. The van der Waals surface area contributed by atoms with Crippen LogP contribution in [-0.4, -0.2) is 9.55 Å². The van der Waals surface area contributed by atoms with Gasteiger partial charge in [0.1, 0.15) is 17.4 Å². The summed E-state index contributed by atoms with van der Waals surface area (Å²) in [6.07, 6.45) is 7.02. The molecular formula is C27H36N3O+. The number of fused-ring (bicyclic) bond motifs is 3. The second-order valence-electron chi connectivity index (χ2n) is 11.7. The van der Waals surface area contributed by atoms with E-state index in [4.69, 9.17) is 4.98 Å². The summed E-state index contributed by atoms with van der Waals surface area (Å²) in [6, 6.07) is 2.22. The number of hydrogen-bond donors (Lipinski definition) is 0. The van der Waals surface area contributed by atoms with Crippen LogP contribution < -0.4 is 9.96 Å². The van der Waals surface area contributed by atoms with Gasteiger partial charge in [-0.2, -0.15) is 4.57 Å². The Balaban J connectivity index is 2.22. The summed E-state index contributed by atoms with van der Waals surface area (Å²) in [4.78, 5) is 18.8. The lowest BCUT2D eigenvalue weighted by molar-refractivity contribution is -0.530. The van der Waals surface area contributed by atoms with Crippen LogP contribution in [0.4, 0.5) is 0 Å². The zero-order valence-corrected chi connectivity index (χ0v) is 20.6. The van der Waals surface area contributed by atoms with Gasteiger partial charge in [0.15, 0.2) is 0 Å². The van der Waals surface area contributed by atoms with Crippen molar-refractivity contribution in [3.05, 3.63) is 51.2 Å². The van der Waals surface area contributed by atoms with Gasteiger partial charge < -0.3 is 0 Å². The van der Waals surface area contributed by atoms with Crippen molar-refractivity contribution in [1.82, 2.24) is 9.55 Å². The minimum Gasteiger partial charge on any atom is -0.255 e. The third-order valence-corrected chi connectivity index (χ3v) is 9.07. The standard InChI is InChI=1S/C27H36N3O/c1-10-26(8)17-12-13-28-20-18(17)22-29(21-19(20)24(4,5)15-25(21,6)7)14-16(3)23(31)30(22)27(26,9)11-2/h12-14H,10-11,15H2,1-9H3/q+1. The summed E-state index contributed by atoms with van der Waals surface area (Å²) in [7, 11) is 0. The maximum Gasteiger partial charge on any atom is 0.341 e. The van der Waals surface area contributed by atoms with E-state index in [1.165, 1.54) is 22.2 Å². The fraction of sp³-hybridized carbons (Fsp3) is 0.593. The smallest absolute Gasteiger partial charge is 0.255 e. The van der Waals surface area contributed by atoms with E-state index >= 15 is 0 Å². The molecule has 1 aliphatic heterocycles. The van der Waals surface area contributed by atoms with Gasteiger partial charge in [0.2, 0.25) is 0 Å². The lowest BCUT2D eigenvalue weighted by Crippen LogP contribution is -2.58. The van der Waals surface area contributed by atoms with Crippen LogP contribution in [0, 0.1) is 6.92 Å². The van der Waals surface area contributed by atoms with Crippen molar-refractivity contribution < 1.29 is 4.40 Å². The van der Waals surface area contributed by atoms with Gasteiger partial charge in [0.25, 0.3) is 5.65 Å². The molecule has 0 aromatic carbocycles. The van der Waals surface area contributed by atoms with Crippen LogP contribution in [0.15, 0.2) is 23.3 Å². The monoisotopic (exact) mass is 418 g/mol. The molecule has 2 unspecified atom stereocenters. The van der Waals surface area contributed by atoms with Crippen LogP contribution in [0.2, 0.25) is 0 Å². The van der Waals surface area contributed by atoms with E-state index in [2.05, 4.69) is 76.6 Å². The molecule has 0 saturated heterocycles. The highest BCUT2D eigenvalue weighted by Gasteiger charge is 2.57. The van der Waals surface area contributed by atoms with Gasteiger partial charge in [-0.15, -0.1) is 0 Å². The predicted octanol–water partition coefficient (Wildman–Crippen LogP) is 5.21. The zero-order chi connectivity index (χ0) is 22.7. The Hall–Kier alpha value is -2.23. The van der Waals surface area contributed by atoms with Gasteiger partial charge in [-0.3, -0.25) is 4.98 Å². The van der Waals surface area contributed by atoms with E-state index in [-0.39, 0.29) is 27.3 Å². The first-order chi connectivity index (χ1) is 14.4. The van der Waals surface area contributed by atoms with E-state index in [1.807, 2.05) is 13.1 Å². The highest BCUT2D eigenvalue weighted by atomic mass is 16.1. The van der Waals surface area contributed by atoms with Crippen LogP contribution in [0.3, 0.4) is 0 Å². The molecule has 0 bridgehead atoms. The van der Waals surface area contributed by atoms with Crippen molar-refractivity contribution >= 4 is 16.6 Å². The molecule has 3 aromatic heterocycles. The summed E-state index contributed by atoms with van der Waals surface area (Å²) < 4.78 is 4.52. The van der Waals surface area contributed by atoms with E-state index < -0.39 is 0 Å². The van der Waals surface area contributed by atoms with Gasteiger partial charge in [-0.05, 0) is 50.2 Å². The van der Waals surface area contributed by atoms with Gasteiger partial charge in [-0.1, -0.05) is 48.5 Å². The van der Waals surface area contributed by atoms with Crippen molar-refractivity contribution in [2.24, 2.45) is 0 Å². The number of rotatable bonds is 2. The van der Waals surface area contributed by atoms with Crippen LogP contribution in [0.5, 0.6) is 0 Å². The molecule has 3 aromatic rings. The van der Waals surface area contributed by atoms with Gasteiger partial charge in [0.05, 0.1) is 16.5 Å². The summed E-state index contributed by atoms with van der Waals surface area (Å²) in [5.74, 6) is 0. The molecule has 164 valence electrons. The molecule has 5 rings (SSSR count). The topological polar surface area (TPSA) is 39.0 Å². The van der Waals surface area contributed by atoms with Crippen molar-refractivity contribution in [2.45, 2.75) is 103 Å². The first-order valence-corrected chi connectivity index (χ1v) is 11.8. The number of pyridine rings is 2. The predicted molar refractivity (Wildman–Crippen MR) is 126 cm³/mol. The van der Waals surface area contributed by atoms with E-state index in [1.54, 1.807) is 0 Å².